The van der Waals surface area contributed by atoms with E-state index in [1.54, 1.807) is 7.11 Å². The Balaban J connectivity index is 2.39. The number of hydrogen-bond donors (Lipinski definition) is 1. The van der Waals surface area contributed by atoms with Gasteiger partial charge < -0.3 is 10.1 Å². The molecule has 1 heterocycles. The van der Waals surface area contributed by atoms with Gasteiger partial charge in [0.15, 0.2) is 0 Å². The highest BCUT2D eigenvalue weighted by Gasteiger charge is 2.20. The molecule has 0 saturated carbocycles. The van der Waals surface area contributed by atoms with E-state index < -0.39 is 0 Å². The zero-order valence-corrected chi connectivity index (χ0v) is 10.6. The maximum Gasteiger partial charge on any atom is 0.137 e. The van der Waals surface area contributed by atoms with Gasteiger partial charge in [-0.05, 0) is 49.1 Å². The van der Waals surface area contributed by atoms with Crippen LogP contribution in [0, 0.1) is 0 Å². The molecule has 2 nitrogen and oxygen atoms in total. The van der Waals surface area contributed by atoms with Crippen molar-refractivity contribution in [2.24, 2.45) is 0 Å². The van der Waals surface area contributed by atoms with Crippen LogP contribution in [-0.2, 0) is 6.42 Å². The highest BCUT2D eigenvalue weighted by atomic mass is 35.5. The van der Waals surface area contributed by atoms with Crippen LogP contribution in [0.4, 0.5) is 0 Å². The van der Waals surface area contributed by atoms with Crippen LogP contribution >= 0.6 is 11.6 Å². The smallest absolute Gasteiger partial charge is 0.137 e. The standard InChI is InChI=1S/C13H18ClNO/c1-3-9-7-13(16-2)11(14)8-10(9)12-5-4-6-15-12/h7-8,12,15H,3-6H2,1-2H3. The lowest BCUT2D eigenvalue weighted by Gasteiger charge is -2.17. The van der Waals surface area contributed by atoms with Gasteiger partial charge in [0.05, 0.1) is 12.1 Å². The number of rotatable bonds is 3. The molecule has 0 aliphatic carbocycles. The predicted octanol–water partition coefficient (Wildman–Crippen LogP) is 3.34. The number of hydrogen-bond acceptors (Lipinski definition) is 2. The van der Waals surface area contributed by atoms with Crippen molar-refractivity contribution in [1.29, 1.82) is 0 Å². The first-order chi connectivity index (χ1) is 7.76. The molecule has 1 aliphatic heterocycles. The molecule has 0 radical (unpaired) electrons. The zero-order chi connectivity index (χ0) is 11.5. The van der Waals surface area contributed by atoms with Gasteiger partial charge in [-0.15, -0.1) is 0 Å². The fourth-order valence-corrected chi connectivity index (χ4v) is 2.60. The van der Waals surface area contributed by atoms with E-state index in [-0.39, 0.29) is 0 Å². The molecule has 1 atom stereocenters. The van der Waals surface area contributed by atoms with Crippen LogP contribution in [0.3, 0.4) is 0 Å². The van der Waals surface area contributed by atoms with Gasteiger partial charge in [-0.1, -0.05) is 18.5 Å². The van der Waals surface area contributed by atoms with Crippen molar-refractivity contribution >= 4 is 11.6 Å². The first kappa shape index (κ1) is 11.7. The summed E-state index contributed by atoms with van der Waals surface area (Å²) in [4.78, 5) is 0. The molecule has 0 amide bonds. The zero-order valence-electron chi connectivity index (χ0n) is 9.85. The minimum Gasteiger partial charge on any atom is -0.495 e. The van der Waals surface area contributed by atoms with Gasteiger partial charge in [0.2, 0.25) is 0 Å². The van der Waals surface area contributed by atoms with Gasteiger partial charge in [-0.25, -0.2) is 0 Å². The Morgan fingerprint density at radius 1 is 1.50 bits per heavy atom. The van der Waals surface area contributed by atoms with Crippen LogP contribution in [0.1, 0.15) is 36.9 Å². The van der Waals surface area contributed by atoms with Gasteiger partial charge >= 0.3 is 0 Å². The molecule has 16 heavy (non-hydrogen) atoms. The molecule has 1 aliphatic rings. The fraction of sp³-hybridized carbons (Fsp3) is 0.538. The molecule has 0 bridgehead atoms. The summed E-state index contributed by atoms with van der Waals surface area (Å²) in [7, 11) is 1.66. The molecule has 88 valence electrons. The number of ether oxygens (including phenoxy) is 1. The van der Waals surface area contributed by atoms with Crippen LogP contribution in [0.2, 0.25) is 5.02 Å². The van der Waals surface area contributed by atoms with Gasteiger partial charge in [0.1, 0.15) is 5.75 Å². The second-order valence-corrected chi connectivity index (χ2v) is 4.60. The maximum absolute atomic E-state index is 6.18. The van der Waals surface area contributed by atoms with Crippen LogP contribution in [-0.4, -0.2) is 13.7 Å². The Kier molecular flexibility index (Phi) is 3.72. The van der Waals surface area contributed by atoms with E-state index in [1.165, 1.54) is 24.0 Å². The summed E-state index contributed by atoms with van der Waals surface area (Å²) in [6.45, 7) is 3.28. The number of halogens is 1. The number of methoxy groups -OCH3 is 1. The summed E-state index contributed by atoms with van der Waals surface area (Å²) in [6.07, 6.45) is 3.47. The van der Waals surface area contributed by atoms with Crippen molar-refractivity contribution in [2.45, 2.75) is 32.2 Å². The average molecular weight is 240 g/mol. The Morgan fingerprint density at radius 2 is 2.31 bits per heavy atom. The maximum atomic E-state index is 6.18. The molecule has 0 aromatic heterocycles. The van der Waals surface area contributed by atoms with Crippen LogP contribution in [0.25, 0.3) is 0 Å². The van der Waals surface area contributed by atoms with Crippen molar-refractivity contribution in [3.8, 4) is 5.75 Å². The van der Waals surface area contributed by atoms with Crippen LogP contribution < -0.4 is 10.1 Å². The van der Waals surface area contributed by atoms with Gasteiger partial charge in [0.25, 0.3) is 0 Å². The average Bonchev–Trinajstić information content (AvgIpc) is 2.82. The summed E-state index contributed by atoms with van der Waals surface area (Å²) >= 11 is 6.18. The Morgan fingerprint density at radius 3 is 2.88 bits per heavy atom. The molecule has 1 aromatic rings. The first-order valence-corrected chi connectivity index (χ1v) is 6.23. The molecule has 0 spiro atoms. The Labute approximate surface area is 102 Å². The number of nitrogens with one attached hydrogen (secondary N) is 1. The summed E-state index contributed by atoms with van der Waals surface area (Å²) in [6, 6.07) is 4.60. The molecule has 3 heteroatoms. The van der Waals surface area contributed by atoms with Crippen molar-refractivity contribution in [3.63, 3.8) is 0 Å². The van der Waals surface area contributed by atoms with E-state index in [9.17, 15) is 0 Å². The van der Waals surface area contributed by atoms with Gasteiger partial charge in [-0.3, -0.25) is 0 Å². The van der Waals surface area contributed by atoms with E-state index in [0.29, 0.717) is 11.1 Å². The summed E-state index contributed by atoms with van der Waals surface area (Å²) in [5.41, 5.74) is 2.67. The van der Waals surface area contributed by atoms with Crippen molar-refractivity contribution in [2.75, 3.05) is 13.7 Å². The monoisotopic (exact) mass is 239 g/mol. The minimum absolute atomic E-state index is 0.471. The molecule has 2 rings (SSSR count). The number of benzene rings is 1. The van der Waals surface area contributed by atoms with E-state index >= 15 is 0 Å². The summed E-state index contributed by atoms with van der Waals surface area (Å²) in [5.74, 6) is 0.778. The number of aryl methyl sites for hydroxylation is 1. The largest absolute Gasteiger partial charge is 0.495 e. The molecule has 1 fully saturated rings. The third kappa shape index (κ3) is 2.18. The topological polar surface area (TPSA) is 21.3 Å². The predicted molar refractivity (Wildman–Crippen MR) is 67.4 cm³/mol. The van der Waals surface area contributed by atoms with Gasteiger partial charge in [-0.2, -0.15) is 0 Å². The fourth-order valence-electron chi connectivity index (χ4n) is 2.35. The van der Waals surface area contributed by atoms with Crippen LogP contribution in [0.5, 0.6) is 5.75 Å². The SMILES string of the molecule is CCc1cc(OC)c(Cl)cc1C1CCCN1. The normalized spacial score (nSPS) is 20.1. The molecule has 1 unspecified atom stereocenters. The Bertz CT molecular complexity index is 372. The van der Waals surface area contributed by atoms with Crippen molar-refractivity contribution < 1.29 is 4.74 Å². The minimum atomic E-state index is 0.471. The van der Waals surface area contributed by atoms with Crippen molar-refractivity contribution in [3.05, 3.63) is 28.3 Å². The molecular weight excluding hydrogens is 222 g/mol. The third-order valence-corrected chi connectivity index (χ3v) is 3.53. The van der Waals surface area contributed by atoms with E-state index in [2.05, 4.69) is 24.4 Å². The lowest BCUT2D eigenvalue weighted by Crippen LogP contribution is -2.14. The van der Waals surface area contributed by atoms with Crippen LogP contribution in [0.15, 0.2) is 12.1 Å². The van der Waals surface area contributed by atoms with E-state index in [0.717, 1.165) is 18.7 Å². The molecular formula is C13H18ClNO. The highest BCUT2D eigenvalue weighted by Crippen LogP contribution is 2.34. The third-order valence-electron chi connectivity index (χ3n) is 3.23. The van der Waals surface area contributed by atoms with Crippen molar-refractivity contribution in [1.82, 2.24) is 5.32 Å². The summed E-state index contributed by atoms with van der Waals surface area (Å²) in [5, 5.41) is 4.22. The second kappa shape index (κ2) is 5.07. The lowest BCUT2D eigenvalue weighted by atomic mass is 9.97. The molecule has 1 N–H and O–H groups in total. The summed E-state index contributed by atoms with van der Waals surface area (Å²) < 4.78 is 5.25. The second-order valence-electron chi connectivity index (χ2n) is 4.19. The molecule has 1 saturated heterocycles. The first-order valence-electron chi connectivity index (χ1n) is 5.86. The Hall–Kier alpha value is -0.730. The quantitative estimate of drug-likeness (QED) is 0.874. The van der Waals surface area contributed by atoms with Gasteiger partial charge in [0, 0.05) is 6.04 Å². The van der Waals surface area contributed by atoms with E-state index in [1.807, 2.05) is 0 Å². The lowest BCUT2D eigenvalue weighted by molar-refractivity contribution is 0.414. The molecule has 1 aromatic carbocycles. The van der Waals surface area contributed by atoms with E-state index in [4.69, 9.17) is 16.3 Å². The highest BCUT2D eigenvalue weighted by molar-refractivity contribution is 6.32.